The minimum absolute atomic E-state index is 0.199. The molecule has 3 atom stereocenters. The topological polar surface area (TPSA) is 76.1 Å². The highest BCUT2D eigenvalue weighted by atomic mass is 16.6. The van der Waals surface area contributed by atoms with Gasteiger partial charge in [-0.1, -0.05) is 70.6 Å². The van der Waals surface area contributed by atoms with Gasteiger partial charge in [-0.05, 0) is 49.2 Å². The summed E-state index contributed by atoms with van der Waals surface area (Å²) >= 11 is 0. The van der Waals surface area contributed by atoms with E-state index in [0.29, 0.717) is 23.6 Å². The molecule has 1 N–H and O–H groups in total. The van der Waals surface area contributed by atoms with Crippen molar-refractivity contribution in [3.8, 4) is 11.5 Å². The molecule has 6 nitrogen and oxygen atoms in total. The van der Waals surface area contributed by atoms with Gasteiger partial charge in [0.05, 0.1) is 12.0 Å². The number of cyclic esters (lactones) is 1. The van der Waals surface area contributed by atoms with E-state index in [4.69, 9.17) is 9.47 Å². The number of hydrogen-bond acceptors (Lipinski definition) is 4. The summed E-state index contributed by atoms with van der Waals surface area (Å²) in [6.07, 6.45) is 6.08. The van der Waals surface area contributed by atoms with Gasteiger partial charge in [-0.25, -0.2) is 4.79 Å². The van der Waals surface area contributed by atoms with E-state index in [-0.39, 0.29) is 11.9 Å². The number of anilines is 1. The first-order chi connectivity index (χ1) is 16.0. The Kier molecular flexibility index (Phi) is 9.16. The second kappa shape index (κ2) is 12.3. The van der Waals surface area contributed by atoms with Gasteiger partial charge in [0.25, 0.3) is 0 Å². The minimum Gasteiger partial charge on any atom is -0.465 e. The highest BCUT2D eigenvalue weighted by molar-refractivity contribution is 5.88. The van der Waals surface area contributed by atoms with Crippen LogP contribution in [0.25, 0.3) is 0 Å². The molecular weight excluding hydrogens is 418 g/mol. The van der Waals surface area contributed by atoms with Gasteiger partial charge in [-0.15, -0.1) is 0 Å². The molecule has 0 spiro atoms. The molecule has 3 unspecified atom stereocenters. The molecule has 33 heavy (non-hydrogen) atoms. The van der Waals surface area contributed by atoms with Crippen molar-refractivity contribution in [1.29, 1.82) is 0 Å². The largest absolute Gasteiger partial charge is 0.465 e. The summed E-state index contributed by atoms with van der Waals surface area (Å²) in [6.45, 7) is 4.23. The molecule has 6 heteroatoms. The molecule has 178 valence electrons. The molecule has 0 aromatic heterocycles. The van der Waals surface area contributed by atoms with Gasteiger partial charge >= 0.3 is 12.1 Å². The van der Waals surface area contributed by atoms with Gasteiger partial charge in [-0.3, -0.25) is 9.69 Å². The van der Waals surface area contributed by atoms with Crippen LogP contribution in [0.3, 0.4) is 0 Å². The molecule has 1 aliphatic heterocycles. The van der Waals surface area contributed by atoms with E-state index >= 15 is 0 Å². The highest BCUT2D eigenvalue weighted by Crippen LogP contribution is 2.36. The Morgan fingerprint density at radius 3 is 2.24 bits per heavy atom. The third-order valence-corrected chi connectivity index (χ3v) is 6.18. The van der Waals surface area contributed by atoms with E-state index in [1.165, 1.54) is 4.90 Å². The van der Waals surface area contributed by atoms with Crippen molar-refractivity contribution >= 4 is 17.7 Å². The lowest BCUT2D eigenvalue weighted by Crippen LogP contribution is -2.59. The third kappa shape index (κ3) is 6.50. The van der Waals surface area contributed by atoms with Gasteiger partial charge < -0.3 is 14.6 Å². The number of nitrogens with zero attached hydrogens (tertiary/aromatic N) is 1. The zero-order valence-electron chi connectivity index (χ0n) is 19.6. The van der Waals surface area contributed by atoms with Crippen LogP contribution < -0.4 is 9.64 Å². The second-order valence-corrected chi connectivity index (χ2v) is 8.63. The van der Waals surface area contributed by atoms with Gasteiger partial charge in [0.1, 0.15) is 17.6 Å². The van der Waals surface area contributed by atoms with Crippen molar-refractivity contribution in [3.05, 3.63) is 54.6 Å². The van der Waals surface area contributed by atoms with Gasteiger partial charge in [0.2, 0.25) is 0 Å². The Balaban J connectivity index is 1.77. The average molecular weight is 454 g/mol. The maximum absolute atomic E-state index is 12.4. The number of rotatable bonds is 13. The molecule has 1 saturated heterocycles. The maximum atomic E-state index is 12.4. The number of para-hydroxylation sites is 1. The summed E-state index contributed by atoms with van der Waals surface area (Å²) in [5.74, 6) is 0.916. The first-order valence-corrected chi connectivity index (χ1v) is 12.1. The van der Waals surface area contributed by atoms with Crippen molar-refractivity contribution in [3.63, 3.8) is 0 Å². The van der Waals surface area contributed by atoms with Crippen LogP contribution in [0, 0.1) is 5.92 Å². The molecule has 3 rings (SSSR count). The van der Waals surface area contributed by atoms with E-state index in [0.717, 1.165) is 44.9 Å². The zero-order chi connectivity index (χ0) is 23.6. The fourth-order valence-corrected chi connectivity index (χ4v) is 4.38. The Morgan fingerprint density at radius 1 is 0.970 bits per heavy atom. The zero-order valence-corrected chi connectivity index (χ0v) is 19.6. The lowest BCUT2D eigenvalue weighted by molar-refractivity contribution is -0.188. The van der Waals surface area contributed by atoms with Gasteiger partial charge in [0.15, 0.2) is 0 Å². The maximum Gasteiger partial charge on any atom is 0.412 e. The smallest absolute Gasteiger partial charge is 0.412 e. The number of esters is 1. The van der Waals surface area contributed by atoms with Crippen LogP contribution in [0.1, 0.15) is 65.2 Å². The number of hydrogen-bond donors (Lipinski definition) is 1. The summed E-state index contributed by atoms with van der Waals surface area (Å²) in [5.41, 5.74) is 0.552. The summed E-state index contributed by atoms with van der Waals surface area (Å²) < 4.78 is 11.4. The summed E-state index contributed by atoms with van der Waals surface area (Å²) in [6, 6.07) is 16.1. The molecular formula is C27H35NO5. The predicted octanol–water partition coefficient (Wildman–Crippen LogP) is 7.03. The quantitative estimate of drug-likeness (QED) is 0.260. The Hall–Kier alpha value is -3.02. The molecule has 0 radical (unpaired) electrons. The fourth-order valence-electron chi connectivity index (χ4n) is 4.38. The first kappa shape index (κ1) is 24.6. The highest BCUT2D eigenvalue weighted by Gasteiger charge is 2.49. The van der Waals surface area contributed by atoms with Crippen molar-refractivity contribution in [1.82, 2.24) is 0 Å². The standard InChI is InChI=1S/C27H35NO5/c1-3-5-7-11-14-23-25(33-26(23)29)24(15-6-4-2)28(27(30)31)20-16-18-22(19-17-20)32-21-12-9-8-10-13-21/h8-10,12-13,16-19,23-25H,3-7,11,14-15H2,1-2H3,(H,30,31). The Bertz CT molecular complexity index is 883. The molecule has 1 aliphatic rings. The number of carbonyl (C=O) groups excluding carboxylic acids is 1. The van der Waals surface area contributed by atoms with E-state index in [1.54, 1.807) is 24.3 Å². The third-order valence-electron chi connectivity index (χ3n) is 6.18. The van der Waals surface area contributed by atoms with Crippen LogP contribution in [0.15, 0.2) is 54.6 Å². The lowest BCUT2D eigenvalue weighted by atomic mass is 9.83. The molecule has 1 fully saturated rings. The molecule has 0 bridgehead atoms. The Morgan fingerprint density at radius 2 is 1.64 bits per heavy atom. The number of carbonyl (C=O) groups is 2. The molecule has 1 heterocycles. The van der Waals surface area contributed by atoms with Crippen molar-refractivity contribution in [2.45, 2.75) is 77.4 Å². The number of benzene rings is 2. The first-order valence-electron chi connectivity index (χ1n) is 12.1. The molecule has 2 aromatic rings. The van der Waals surface area contributed by atoms with Crippen LogP contribution in [-0.4, -0.2) is 29.3 Å². The average Bonchev–Trinajstić information content (AvgIpc) is 2.81. The van der Waals surface area contributed by atoms with E-state index < -0.39 is 18.2 Å². The van der Waals surface area contributed by atoms with E-state index in [9.17, 15) is 14.7 Å². The second-order valence-electron chi connectivity index (χ2n) is 8.63. The summed E-state index contributed by atoms with van der Waals surface area (Å²) in [7, 11) is 0. The number of ether oxygens (including phenoxy) is 2. The van der Waals surface area contributed by atoms with Crippen LogP contribution in [0.4, 0.5) is 10.5 Å². The van der Waals surface area contributed by atoms with E-state index in [1.807, 2.05) is 30.3 Å². The van der Waals surface area contributed by atoms with Crippen molar-refractivity contribution in [2.24, 2.45) is 5.92 Å². The van der Waals surface area contributed by atoms with Gasteiger partial charge in [0, 0.05) is 5.69 Å². The summed E-state index contributed by atoms with van der Waals surface area (Å²) in [4.78, 5) is 26.0. The van der Waals surface area contributed by atoms with Crippen molar-refractivity contribution in [2.75, 3.05) is 4.90 Å². The van der Waals surface area contributed by atoms with E-state index in [2.05, 4.69) is 13.8 Å². The molecule has 0 saturated carbocycles. The predicted molar refractivity (Wildman–Crippen MR) is 129 cm³/mol. The minimum atomic E-state index is -1.04. The normalized spacial score (nSPS) is 18.2. The van der Waals surface area contributed by atoms with Gasteiger partial charge in [-0.2, -0.15) is 0 Å². The summed E-state index contributed by atoms with van der Waals surface area (Å²) in [5, 5.41) is 10.1. The SMILES string of the molecule is CCCCCCC1C(=O)OC1C(CCCC)N(C(=O)O)c1ccc(Oc2ccccc2)cc1. The number of amides is 1. The van der Waals surface area contributed by atoms with Crippen LogP contribution in [-0.2, 0) is 9.53 Å². The fraction of sp³-hybridized carbons (Fsp3) is 0.481. The molecule has 1 amide bonds. The van der Waals surface area contributed by atoms with Crippen LogP contribution in [0.2, 0.25) is 0 Å². The monoisotopic (exact) mass is 453 g/mol. The van der Waals surface area contributed by atoms with Crippen LogP contribution >= 0.6 is 0 Å². The van der Waals surface area contributed by atoms with Crippen LogP contribution in [0.5, 0.6) is 11.5 Å². The number of unbranched alkanes of at least 4 members (excludes halogenated alkanes) is 4. The lowest BCUT2D eigenvalue weighted by Gasteiger charge is -2.44. The Labute approximate surface area is 196 Å². The van der Waals surface area contributed by atoms with Crippen molar-refractivity contribution < 1.29 is 24.2 Å². The number of carboxylic acid groups (broad SMARTS) is 1. The molecule has 0 aliphatic carbocycles. The molecule has 2 aromatic carbocycles.